The first kappa shape index (κ1) is 19.4. The van der Waals surface area contributed by atoms with Crippen LogP contribution in [0.15, 0.2) is 30.3 Å². The minimum absolute atomic E-state index is 0.225. The van der Waals surface area contributed by atoms with Gasteiger partial charge in [-0.3, -0.25) is 20.4 Å². The summed E-state index contributed by atoms with van der Waals surface area (Å²) < 4.78 is 5.40. The fourth-order valence-electron chi connectivity index (χ4n) is 2.06. The molecule has 0 heterocycles. The molecular formula is C17H15Cl3N2O3. The molecule has 0 aliphatic rings. The van der Waals surface area contributed by atoms with E-state index in [4.69, 9.17) is 39.5 Å². The summed E-state index contributed by atoms with van der Waals surface area (Å²) in [6.45, 7) is 3.42. The van der Waals surface area contributed by atoms with Crippen LogP contribution in [0.4, 0.5) is 0 Å². The molecule has 2 aromatic rings. The van der Waals surface area contributed by atoms with Gasteiger partial charge in [0.2, 0.25) is 0 Å². The smallest absolute Gasteiger partial charge is 0.276 e. The van der Waals surface area contributed by atoms with Crippen LogP contribution in [-0.4, -0.2) is 18.4 Å². The molecule has 0 bridgehead atoms. The number of ether oxygens (including phenoxy) is 1. The highest BCUT2D eigenvalue weighted by Crippen LogP contribution is 2.25. The van der Waals surface area contributed by atoms with Crippen LogP contribution in [0.3, 0.4) is 0 Å². The Hall–Kier alpha value is -1.95. The van der Waals surface area contributed by atoms with Crippen molar-refractivity contribution in [3.8, 4) is 5.75 Å². The van der Waals surface area contributed by atoms with E-state index in [1.807, 2.05) is 13.8 Å². The second-order valence-corrected chi connectivity index (χ2v) is 6.57. The van der Waals surface area contributed by atoms with Gasteiger partial charge in [-0.2, -0.15) is 0 Å². The van der Waals surface area contributed by atoms with Crippen LogP contribution in [0.2, 0.25) is 15.1 Å². The number of hydrogen-bond donors (Lipinski definition) is 2. The molecule has 2 rings (SSSR count). The van der Waals surface area contributed by atoms with Crippen LogP contribution in [0.25, 0.3) is 0 Å². The van der Waals surface area contributed by atoms with Crippen molar-refractivity contribution in [1.29, 1.82) is 0 Å². The van der Waals surface area contributed by atoms with E-state index in [1.165, 1.54) is 18.2 Å². The molecular weight excluding hydrogens is 387 g/mol. The Morgan fingerprint density at radius 3 is 2.04 bits per heavy atom. The van der Waals surface area contributed by atoms with E-state index in [0.29, 0.717) is 20.8 Å². The molecule has 5 nitrogen and oxygen atoms in total. The minimum Gasteiger partial charge on any atom is -0.484 e. The van der Waals surface area contributed by atoms with Gasteiger partial charge in [0, 0.05) is 20.6 Å². The zero-order valence-electron chi connectivity index (χ0n) is 13.5. The van der Waals surface area contributed by atoms with Gasteiger partial charge in [-0.1, -0.05) is 34.8 Å². The summed E-state index contributed by atoms with van der Waals surface area (Å²) in [6, 6.07) is 7.84. The number of halogens is 3. The van der Waals surface area contributed by atoms with E-state index in [9.17, 15) is 9.59 Å². The summed E-state index contributed by atoms with van der Waals surface area (Å²) in [6.07, 6.45) is 0. The van der Waals surface area contributed by atoms with Crippen molar-refractivity contribution in [2.45, 2.75) is 13.8 Å². The molecule has 25 heavy (non-hydrogen) atoms. The number of benzene rings is 2. The molecule has 0 saturated carbocycles. The molecule has 0 atom stereocenters. The summed E-state index contributed by atoms with van der Waals surface area (Å²) in [5, 5.41) is 1.30. The maximum absolute atomic E-state index is 12.0. The fourth-order valence-corrected chi connectivity index (χ4v) is 2.69. The van der Waals surface area contributed by atoms with Gasteiger partial charge < -0.3 is 4.74 Å². The van der Waals surface area contributed by atoms with Crippen molar-refractivity contribution in [3.05, 3.63) is 62.1 Å². The third-order valence-corrected chi connectivity index (χ3v) is 4.25. The Labute approximate surface area is 160 Å². The van der Waals surface area contributed by atoms with Crippen molar-refractivity contribution in [2.75, 3.05) is 6.61 Å². The Morgan fingerprint density at radius 2 is 1.48 bits per heavy atom. The topological polar surface area (TPSA) is 67.4 Å². The Bertz CT molecular complexity index is 782. The molecule has 8 heteroatoms. The summed E-state index contributed by atoms with van der Waals surface area (Å²) >= 11 is 17.7. The van der Waals surface area contributed by atoms with Crippen molar-refractivity contribution in [2.24, 2.45) is 0 Å². The standard InChI is InChI=1S/C17H15Cl3N2O3/c1-9-3-14(4-10(2)16(9)20)25-8-15(23)21-22-17(24)11-5-12(18)7-13(19)6-11/h3-7H,8H2,1-2H3,(H,21,23)(H,22,24). The number of aryl methyl sites for hydroxylation is 2. The Kier molecular flexibility index (Phi) is 6.53. The van der Waals surface area contributed by atoms with Gasteiger partial charge in [0.05, 0.1) is 0 Å². The number of amides is 2. The number of rotatable bonds is 4. The number of hydrazine groups is 1. The molecule has 0 radical (unpaired) electrons. The summed E-state index contributed by atoms with van der Waals surface area (Å²) in [5.41, 5.74) is 6.44. The van der Waals surface area contributed by atoms with Crippen LogP contribution in [0.5, 0.6) is 5.75 Å². The van der Waals surface area contributed by atoms with Gasteiger partial charge in [-0.05, 0) is 55.3 Å². The van der Waals surface area contributed by atoms with E-state index in [-0.39, 0.29) is 12.2 Å². The van der Waals surface area contributed by atoms with Crippen molar-refractivity contribution < 1.29 is 14.3 Å². The number of carbonyl (C=O) groups excluding carboxylic acids is 2. The van der Waals surface area contributed by atoms with E-state index in [1.54, 1.807) is 12.1 Å². The molecule has 2 amide bonds. The maximum atomic E-state index is 12.0. The third-order valence-electron chi connectivity index (χ3n) is 3.22. The van der Waals surface area contributed by atoms with E-state index >= 15 is 0 Å². The van der Waals surface area contributed by atoms with E-state index < -0.39 is 11.8 Å². The van der Waals surface area contributed by atoms with Gasteiger partial charge in [0.1, 0.15) is 5.75 Å². The van der Waals surface area contributed by atoms with E-state index in [2.05, 4.69) is 10.9 Å². The Balaban J connectivity index is 1.87. The maximum Gasteiger partial charge on any atom is 0.276 e. The minimum atomic E-state index is -0.545. The number of carbonyl (C=O) groups is 2. The van der Waals surface area contributed by atoms with Gasteiger partial charge in [0.15, 0.2) is 6.61 Å². The molecule has 0 saturated heterocycles. The predicted octanol–water partition coefficient (Wildman–Crippen LogP) is 4.10. The lowest BCUT2D eigenvalue weighted by Crippen LogP contribution is -2.43. The monoisotopic (exact) mass is 400 g/mol. The molecule has 0 aliphatic carbocycles. The molecule has 132 valence electrons. The second kappa shape index (κ2) is 8.43. The zero-order chi connectivity index (χ0) is 18.6. The SMILES string of the molecule is Cc1cc(OCC(=O)NNC(=O)c2cc(Cl)cc(Cl)c2)cc(C)c1Cl. The molecule has 2 N–H and O–H groups in total. The lowest BCUT2D eigenvalue weighted by Gasteiger charge is -2.11. The molecule has 0 aliphatic heterocycles. The van der Waals surface area contributed by atoms with Crippen LogP contribution in [0, 0.1) is 13.8 Å². The number of hydrogen-bond acceptors (Lipinski definition) is 3. The fraction of sp³-hybridized carbons (Fsp3) is 0.176. The second-order valence-electron chi connectivity index (χ2n) is 5.32. The van der Waals surface area contributed by atoms with Gasteiger partial charge in [0.25, 0.3) is 11.8 Å². The molecule has 0 aromatic heterocycles. The van der Waals surface area contributed by atoms with E-state index in [0.717, 1.165) is 11.1 Å². The highest BCUT2D eigenvalue weighted by atomic mass is 35.5. The van der Waals surface area contributed by atoms with Gasteiger partial charge >= 0.3 is 0 Å². The average molecular weight is 402 g/mol. The highest BCUT2D eigenvalue weighted by Gasteiger charge is 2.10. The summed E-state index contributed by atoms with van der Waals surface area (Å²) in [4.78, 5) is 23.7. The largest absolute Gasteiger partial charge is 0.484 e. The van der Waals surface area contributed by atoms with Crippen molar-refractivity contribution in [1.82, 2.24) is 10.9 Å². The van der Waals surface area contributed by atoms with Gasteiger partial charge in [-0.25, -0.2) is 0 Å². The highest BCUT2D eigenvalue weighted by molar-refractivity contribution is 6.35. The molecule has 0 spiro atoms. The molecule has 0 unspecified atom stereocenters. The first-order valence-electron chi connectivity index (χ1n) is 7.21. The Morgan fingerprint density at radius 1 is 0.920 bits per heavy atom. The van der Waals surface area contributed by atoms with Gasteiger partial charge in [-0.15, -0.1) is 0 Å². The van der Waals surface area contributed by atoms with Crippen LogP contribution < -0.4 is 15.6 Å². The molecule has 0 fully saturated rings. The van der Waals surface area contributed by atoms with Crippen molar-refractivity contribution >= 4 is 46.6 Å². The average Bonchev–Trinajstić information content (AvgIpc) is 2.54. The zero-order valence-corrected chi connectivity index (χ0v) is 15.7. The quantitative estimate of drug-likeness (QED) is 0.758. The summed E-state index contributed by atoms with van der Waals surface area (Å²) in [5.74, 6) is -0.551. The van der Waals surface area contributed by atoms with Crippen LogP contribution in [0.1, 0.15) is 21.5 Å². The lowest BCUT2D eigenvalue weighted by molar-refractivity contribution is -0.123. The first-order chi connectivity index (χ1) is 11.8. The predicted molar refractivity (Wildman–Crippen MR) is 98.5 cm³/mol. The summed E-state index contributed by atoms with van der Waals surface area (Å²) in [7, 11) is 0. The molecule has 2 aromatic carbocycles. The van der Waals surface area contributed by atoms with Crippen molar-refractivity contribution in [3.63, 3.8) is 0 Å². The van der Waals surface area contributed by atoms with Crippen LogP contribution in [-0.2, 0) is 4.79 Å². The third kappa shape index (κ3) is 5.53. The lowest BCUT2D eigenvalue weighted by atomic mass is 10.1. The van der Waals surface area contributed by atoms with Crippen LogP contribution >= 0.6 is 34.8 Å². The normalized spacial score (nSPS) is 10.3. The first-order valence-corrected chi connectivity index (χ1v) is 8.34. The number of nitrogens with one attached hydrogen (secondary N) is 2.